The van der Waals surface area contributed by atoms with Gasteiger partial charge in [-0.25, -0.2) is 0 Å². The van der Waals surface area contributed by atoms with Crippen LogP contribution in [-0.2, 0) is 16.0 Å². The molecule has 0 aromatic carbocycles. The molecule has 7 nitrogen and oxygen atoms in total. The summed E-state index contributed by atoms with van der Waals surface area (Å²) < 4.78 is 0. The Balaban J connectivity index is 1.20. The predicted molar refractivity (Wildman–Crippen MR) is 102 cm³/mol. The zero-order valence-electron chi connectivity index (χ0n) is 16.0. The number of hydrogen-bond donors (Lipinski definition) is 2. The van der Waals surface area contributed by atoms with E-state index in [-0.39, 0.29) is 11.8 Å². The summed E-state index contributed by atoms with van der Waals surface area (Å²) >= 11 is 0. The molecule has 2 amide bonds. The molecule has 2 aliphatic heterocycles. The Labute approximate surface area is 160 Å². The van der Waals surface area contributed by atoms with E-state index < -0.39 is 0 Å². The van der Waals surface area contributed by atoms with E-state index in [4.69, 9.17) is 0 Å². The Morgan fingerprint density at radius 3 is 2.63 bits per heavy atom. The zero-order chi connectivity index (χ0) is 18.6. The van der Waals surface area contributed by atoms with Crippen LogP contribution < -0.4 is 5.32 Å². The lowest BCUT2D eigenvalue weighted by molar-refractivity contribution is -0.134. The number of nitrogens with one attached hydrogen (secondary N) is 2. The molecule has 1 unspecified atom stereocenters. The van der Waals surface area contributed by atoms with Crippen molar-refractivity contribution in [2.24, 2.45) is 11.8 Å². The summed E-state index contributed by atoms with van der Waals surface area (Å²) in [6.07, 6.45) is 10.8. The number of carbonyl (C=O) groups excluding carboxylic acids is 2. The minimum atomic E-state index is 0.0919. The average Bonchev–Trinajstić information content (AvgIpc) is 3.44. The van der Waals surface area contributed by atoms with Gasteiger partial charge in [-0.05, 0) is 57.1 Å². The number of likely N-dealkylation sites (tertiary alicyclic amines) is 2. The van der Waals surface area contributed by atoms with Gasteiger partial charge in [0.05, 0.1) is 12.1 Å². The van der Waals surface area contributed by atoms with E-state index >= 15 is 0 Å². The van der Waals surface area contributed by atoms with Gasteiger partial charge in [0.1, 0.15) is 0 Å². The van der Waals surface area contributed by atoms with Gasteiger partial charge in [0.15, 0.2) is 0 Å². The minimum Gasteiger partial charge on any atom is -0.355 e. The second kappa shape index (κ2) is 8.42. The minimum absolute atomic E-state index is 0.0919. The Morgan fingerprint density at radius 1 is 1.11 bits per heavy atom. The molecule has 0 spiro atoms. The molecule has 3 aliphatic rings. The van der Waals surface area contributed by atoms with Crippen molar-refractivity contribution in [3.05, 3.63) is 18.0 Å². The van der Waals surface area contributed by atoms with Gasteiger partial charge in [-0.3, -0.25) is 19.6 Å². The van der Waals surface area contributed by atoms with Gasteiger partial charge < -0.3 is 10.2 Å². The highest BCUT2D eigenvalue weighted by atomic mass is 16.2. The smallest absolute Gasteiger partial charge is 0.225 e. The first-order valence-electron chi connectivity index (χ1n) is 10.5. The molecule has 1 aliphatic carbocycles. The van der Waals surface area contributed by atoms with Crippen LogP contribution in [0.15, 0.2) is 12.4 Å². The molecular weight excluding hydrogens is 342 g/mol. The highest BCUT2D eigenvalue weighted by Gasteiger charge is 2.37. The molecule has 1 atom stereocenters. The van der Waals surface area contributed by atoms with Crippen LogP contribution in [-0.4, -0.2) is 70.6 Å². The zero-order valence-corrected chi connectivity index (χ0v) is 16.0. The van der Waals surface area contributed by atoms with Crippen LogP contribution in [0, 0.1) is 11.8 Å². The third-order valence-electron chi connectivity index (χ3n) is 6.31. The second-order valence-electron chi connectivity index (χ2n) is 8.31. The van der Waals surface area contributed by atoms with Gasteiger partial charge in [0.25, 0.3) is 0 Å². The molecule has 4 rings (SSSR count). The lowest BCUT2D eigenvalue weighted by Gasteiger charge is -2.42. The first-order chi connectivity index (χ1) is 13.2. The van der Waals surface area contributed by atoms with Crippen LogP contribution in [0.2, 0.25) is 0 Å². The van der Waals surface area contributed by atoms with Crippen molar-refractivity contribution in [1.29, 1.82) is 0 Å². The Kier molecular flexibility index (Phi) is 5.76. The van der Waals surface area contributed by atoms with E-state index in [2.05, 4.69) is 25.3 Å². The summed E-state index contributed by atoms with van der Waals surface area (Å²) in [7, 11) is 0. The van der Waals surface area contributed by atoms with Gasteiger partial charge in [-0.1, -0.05) is 0 Å². The number of aromatic amines is 1. The summed E-state index contributed by atoms with van der Waals surface area (Å²) in [4.78, 5) is 29.4. The molecule has 2 N–H and O–H groups in total. The molecule has 1 aromatic heterocycles. The fraction of sp³-hybridized carbons (Fsp3) is 0.750. The van der Waals surface area contributed by atoms with Gasteiger partial charge in [-0.15, -0.1) is 0 Å². The third-order valence-corrected chi connectivity index (χ3v) is 6.31. The molecule has 1 saturated carbocycles. The first kappa shape index (κ1) is 18.5. The normalized spacial score (nSPS) is 24.7. The molecule has 0 radical (unpaired) electrons. The fourth-order valence-corrected chi connectivity index (χ4v) is 4.48. The Morgan fingerprint density at radius 2 is 1.93 bits per heavy atom. The number of aromatic nitrogens is 2. The number of nitrogens with zero attached hydrogens (tertiary/aromatic N) is 3. The van der Waals surface area contributed by atoms with Crippen LogP contribution in [0.3, 0.4) is 0 Å². The lowest BCUT2D eigenvalue weighted by Crippen LogP contribution is -2.51. The van der Waals surface area contributed by atoms with Crippen LogP contribution in [0.1, 0.15) is 44.1 Å². The average molecular weight is 374 g/mol. The van der Waals surface area contributed by atoms with Crippen molar-refractivity contribution in [3.8, 4) is 0 Å². The Hall–Kier alpha value is -1.89. The second-order valence-corrected chi connectivity index (χ2v) is 8.31. The van der Waals surface area contributed by atoms with Gasteiger partial charge in [-0.2, -0.15) is 5.10 Å². The van der Waals surface area contributed by atoms with Crippen LogP contribution >= 0.6 is 0 Å². The summed E-state index contributed by atoms with van der Waals surface area (Å²) in [6.45, 7) is 4.38. The summed E-state index contributed by atoms with van der Waals surface area (Å²) in [6, 6.07) is 0.523. The number of rotatable bonds is 6. The van der Waals surface area contributed by atoms with E-state index in [1.165, 1.54) is 0 Å². The van der Waals surface area contributed by atoms with Crippen molar-refractivity contribution in [3.63, 3.8) is 0 Å². The van der Waals surface area contributed by atoms with Crippen molar-refractivity contribution < 1.29 is 9.59 Å². The highest BCUT2D eigenvalue weighted by molar-refractivity contribution is 5.81. The molecule has 3 heterocycles. The molecule has 7 heteroatoms. The number of carbonyl (C=O) groups is 2. The first-order valence-corrected chi connectivity index (χ1v) is 10.5. The Bertz CT molecular complexity index is 635. The van der Waals surface area contributed by atoms with Crippen LogP contribution in [0.4, 0.5) is 0 Å². The molecule has 0 bridgehead atoms. The molecular formula is C20H31N5O2. The van der Waals surface area contributed by atoms with E-state index in [9.17, 15) is 9.59 Å². The maximum absolute atomic E-state index is 12.6. The van der Waals surface area contributed by atoms with E-state index in [1.54, 1.807) is 6.20 Å². The monoisotopic (exact) mass is 373 g/mol. The molecule has 1 aromatic rings. The van der Waals surface area contributed by atoms with Crippen molar-refractivity contribution >= 4 is 11.8 Å². The summed E-state index contributed by atoms with van der Waals surface area (Å²) in [5, 5.41) is 9.83. The molecule has 2 saturated heterocycles. The maximum Gasteiger partial charge on any atom is 0.225 e. The SMILES string of the molecule is O=C(NCCc1cn[nH]c1)C1CCCN(C2CCN(C(=O)C3CC3)CC2)C1. The number of piperidine rings is 2. The summed E-state index contributed by atoms with van der Waals surface area (Å²) in [5.41, 5.74) is 1.12. The quantitative estimate of drug-likeness (QED) is 0.785. The van der Waals surface area contributed by atoms with Crippen molar-refractivity contribution in [2.45, 2.75) is 51.0 Å². The van der Waals surface area contributed by atoms with E-state index in [0.717, 1.165) is 76.7 Å². The van der Waals surface area contributed by atoms with Crippen molar-refractivity contribution in [1.82, 2.24) is 25.3 Å². The molecule has 27 heavy (non-hydrogen) atoms. The third kappa shape index (κ3) is 4.69. The largest absolute Gasteiger partial charge is 0.355 e. The number of hydrogen-bond acceptors (Lipinski definition) is 4. The van der Waals surface area contributed by atoms with Crippen molar-refractivity contribution in [2.75, 3.05) is 32.7 Å². The summed E-state index contributed by atoms with van der Waals surface area (Å²) in [5.74, 6) is 0.979. The van der Waals surface area contributed by atoms with Gasteiger partial charge in [0, 0.05) is 44.3 Å². The number of H-pyrrole nitrogens is 1. The highest BCUT2D eigenvalue weighted by Crippen LogP contribution is 2.32. The molecule has 148 valence electrons. The van der Waals surface area contributed by atoms with Gasteiger partial charge in [0.2, 0.25) is 11.8 Å². The fourth-order valence-electron chi connectivity index (χ4n) is 4.48. The van der Waals surface area contributed by atoms with Gasteiger partial charge >= 0.3 is 0 Å². The van der Waals surface area contributed by atoms with Crippen LogP contribution in [0.25, 0.3) is 0 Å². The lowest BCUT2D eigenvalue weighted by atomic mass is 9.93. The maximum atomic E-state index is 12.6. The van der Waals surface area contributed by atoms with Crippen LogP contribution in [0.5, 0.6) is 0 Å². The standard InChI is InChI=1S/C20H31N5O2/c26-19(21-8-5-15-12-22-23-13-15)17-2-1-9-25(14-17)18-6-10-24(11-7-18)20(27)16-3-4-16/h12-13,16-18H,1-11,14H2,(H,21,26)(H,22,23). The number of amides is 2. The molecule has 3 fully saturated rings. The van der Waals surface area contributed by atoms with E-state index in [1.807, 2.05) is 6.20 Å². The van der Waals surface area contributed by atoms with E-state index in [0.29, 0.717) is 24.4 Å². The topological polar surface area (TPSA) is 81.3 Å². The predicted octanol–water partition coefficient (Wildman–Crippen LogP) is 1.18.